The highest BCUT2D eigenvalue weighted by molar-refractivity contribution is 7.22. The van der Waals surface area contributed by atoms with E-state index in [1.54, 1.807) is 17.0 Å². The topological polar surface area (TPSA) is 79.6 Å². The van der Waals surface area contributed by atoms with E-state index in [0.717, 1.165) is 29.7 Å². The number of benzene rings is 2. The van der Waals surface area contributed by atoms with Crippen LogP contribution >= 0.6 is 23.7 Å². The fraction of sp³-hybridized carbons (Fsp3) is 0.364. The summed E-state index contributed by atoms with van der Waals surface area (Å²) in [5, 5.41) is 12.0. The Morgan fingerprint density at radius 3 is 2.45 bits per heavy atom. The summed E-state index contributed by atoms with van der Waals surface area (Å²) in [6, 6.07) is 12.2. The van der Waals surface area contributed by atoms with Crippen molar-refractivity contribution in [2.45, 2.75) is 27.2 Å². The molecule has 31 heavy (non-hydrogen) atoms. The van der Waals surface area contributed by atoms with Gasteiger partial charge < -0.3 is 4.90 Å². The van der Waals surface area contributed by atoms with E-state index in [1.165, 1.54) is 29.0 Å². The smallest absolute Gasteiger partial charge is 0.282 e. The highest BCUT2D eigenvalue weighted by Gasteiger charge is 2.27. The van der Waals surface area contributed by atoms with Crippen LogP contribution in [0.15, 0.2) is 42.5 Å². The van der Waals surface area contributed by atoms with Gasteiger partial charge in [-0.3, -0.25) is 19.8 Å². The maximum atomic E-state index is 13.4. The summed E-state index contributed by atoms with van der Waals surface area (Å²) in [7, 11) is 0. The van der Waals surface area contributed by atoms with Gasteiger partial charge in [0.25, 0.3) is 11.6 Å². The number of carbonyl (C=O) groups excluding carboxylic acids is 1. The highest BCUT2D eigenvalue weighted by atomic mass is 35.5. The number of aryl methyl sites for hydroxylation is 1. The predicted octanol–water partition coefficient (Wildman–Crippen LogP) is 5.18. The number of halogens is 1. The molecule has 0 aliphatic rings. The standard InChI is InChI=1S/C22H26N4O3S.ClH/c1-4-16-11-12-18-20(15-16)30-22(23-18)25(14-13-24(5-2)6-3)21(27)17-9-7-8-10-19(17)26(28)29;/h7-12,15H,4-6,13-14H2,1-3H3;1H. The van der Waals surface area contributed by atoms with Crippen molar-refractivity contribution in [2.75, 3.05) is 31.1 Å². The Labute approximate surface area is 192 Å². The first-order valence-electron chi connectivity index (χ1n) is 10.2. The summed E-state index contributed by atoms with van der Waals surface area (Å²) in [5.74, 6) is -0.399. The average molecular weight is 463 g/mol. The maximum absolute atomic E-state index is 13.4. The number of hydrogen-bond donors (Lipinski definition) is 0. The number of hydrogen-bond acceptors (Lipinski definition) is 6. The van der Waals surface area contributed by atoms with Gasteiger partial charge in [-0.15, -0.1) is 12.4 Å². The summed E-state index contributed by atoms with van der Waals surface area (Å²) in [5.41, 5.74) is 1.92. The van der Waals surface area contributed by atoms with Gasteiger partial charge in [0.2, 0.25) is 0 Å². The van der Waals surface area contributed by atoms with E-state index in [4.69, 9.17) is 0 Å². The van der Waals surface area contributed by atoms with Crippen LogP contribution in [0.1, 0.15) is 36.7 Å². The summed E-state index contributed by atoms with van der Waals surface area (Å²) in [6.45, 7) is 9.04. The van der Waals surface area contributed by atoms with E-state index in [-0.39, 0.29) is 23.7 Å². The van der Waals surface area contributed by atoms with Crippen molar-refractivity contribution in [1.29, 1.82) is 0 Å². The van der Waals surface area contributed by atoms with Crippen molar-refractivity contribution in [3.05, 3.63) is 63.7 Å². The number of para-hydroxylation sites is 1. The zero-order chi connectivity index (χ0) is 21.7. The molecule has 166 valence electrons. The summed E-state index contributed by atoms with van der Waals surface area (Å²) < 4.78 is 1.01. The molecular formula is C22H27ClN4O3S. The molecule has 3 aromatic rings. The van der Waals surface area contributed by atoms with Crippen molar-refractivity contribution in [3.63, 3.8) is 0 Å². The van der Waals surface area contributed by atoms with Gasteiger partial charge in [-0.05, 0) is 43.3 Å². The van der Waals surface area contributed by atoms with Crippen LogP contribution in [0.3, 0.4) is 0 Å². The molecule has 7 nitrogen and oxygen atoms in total. The van der Waals surface area contributed by atoms with Crippen LogP contribution in [0.5, 0.6) is 0 Å². The number of rotatable bonds is 9. The van der Waals surface area contributed by atoms with Crippen molar-refractivity contribution in [3.8, 4) is 0 Å². The Hall–Kier alpha value is -2.55. The SMILES string of the molecule is CCc1ccc2nc(N(CCN(CC)CC)C(=O)c3ccccc3[N+](=O)[O-])sc2c1.Cl. The summed E-state index contributed by atoms with van der Waals surface area (Å²) in [6.07, 6.45) is 0.921. The Kier molecular flexibility index (Phi) is 8.91. The summed E-state index contributed by atoms with van der Waals surface area (Å²) >= 11 is 1.44. The molecule has 0 saturated heterocycles. The fourth-order valence-electron chi connectivity index (χ4n) is 3.32. The molecule has 0 aliphatic carbocycles. The van der Waals surface area contributed by atoms with Crippen LogP contribution < -0.4 is 4.90 Å². The molecule has 9 heteroatoms. The first-order valence-corrected chi connectivity index (χ1v) is 11.0. The van der Waals surface area contributed by atoms with Gasteiger partial charge in [0.15, 0.2) is 5.13 Å². The normalized spacial score (nSPS) is 10.8. The van der Waals surface area contributed by atoms with E-state index < -0.39 is 10.8 Å². The van der Waals surface area contributed by atoms with Gasteiger partial charge in [0, 0.05) is 19.2 Å². The van der Waals surface area contributed by atoms with E-state index in [0.29, 0.717) is 18.2 Å². The second-order valence-corrected chi connectivity index (χ2v) is 7.92. The van der Waals surface area contributed by atoms with Crippen molar-refractivity contribution in [1.82, 2.24) is 9.88 Å². The first kappa shape index (κ1) is 24.7. The first-order chi connectivity index (χ1) is 14.5. The fourth-order valence-corrected chi connectivity index (χ4v) is 4.37. The predicted molar refractivity (Wildman–Crippen MR) is 129 cm³/mol. The number of nitro groups is 1. The van der Waals surface area contributed by atoms with Crippen LogP contribution in [0, 0.1) is 10.1 Å². The number of amides is 1. The third kappa shape index (κ3) is 5.58. The molecule has 1 aromatic heterocycles. The number of carbonyl (C=O) groups is 1. The van der Waals surface area contributed by atoms with Crippen LogP contribution in [0.4, 0.5) is 10.8 Å². The van der Waals surface area contributed by atoms with Gasteiger partial charge in [-0.25, -0.2) is 4.98 Å². The lowest BCUT2D eigenvalue weighted by atomic mass is 10.1. The van der Waals surface area contributed by atoms with Gasteiger partial charge in [-0.1, -0.05) is 50.3 Å². The molecule has 0 N–H and O–H groups in total. The maximum Gasteiger partial charge on any atom is 0.282 e. The Morgan fingerprint density at radius 2 is 1.81 bits per heavy atom. The van der Waals surface area contributed by atoms with Crippen molar-refractivity contribution < 1.29 is 9.72 Å². The van der Waals surface area contributed by atoms with Crippen LogP contribution in [0.2, 0.25) is 0 Å². The minimum Gasteiger partial charge on any atom is -0.302 e. The zero-order valence-corrected chi connectivity index (χ0v) is 19.5. The lowest BCUT2D eigenvalue weighted by molar-refractivity contribution is -0.385. The number of nitrogens with zero attached hydrogens (tertiary/aromatic N) is 4. The second-order valence-electron chi connectivity index (χ2n) is 6.91. The molecule has 1 amide bonds. The minimum absolute atomic E-state index is 0. The van der Waals surface area contributed by atoms with Gasteiger partial charge in [0.1, 0.15) is 5.56 Å². The van der Waals surface area contributed by atoms with Crippen LogP contribution in [0.25, 0.3) is 10.2 Å². The average Bonchev–Trinajstić information content (AvgIpc) is 3.19. The summed E-state index contributed by atoms with van der Waals surface area (Å²) in [4.78, 5) is 32.9. The number of fused-ring (bicyclic) bond motifs is 1. The molecule has 0 bridgehead atoms. The highest BCUT2D eigenvalue weighted by Crippen LogP contribution is 2.31. The molecule has 0 spiro atoms. The largest absolute Gasteiger partial charge is 0.302 e. The third-order valence-electron chi connectivity index (χ3n) is 5.19. The number of aromatic nitrogens is 1. The molecule has 0 aliphatic heterocycles. The van der Waals surface area contributed by atoms with Crippen molar-refractivity contribution in [2.24, 2.45) is 0 Å². The molecule has 2 aromatic carbocycles. The zero-order valence-electron chi connectivity index (χ0n) is 17.9. The third-order valence-corrected chi connectivity index (χ3v) is 6.23. The monoisotopic (exact) mass is 462 g/mol. The number of anilines is 1. The van der Waals surface area contributed by atoms with Crippen LogP contribution in [-0.4, -0.2) is 46.9 Å². The Morgan fingerprint density at radius 1 is 1.10 bits per heavy atom. The molecule has 0 fully saturated rings. The van der Waals surface area contributed by atoms with E-state index >= 15 is 0 Å². The Balaban J connectivity index is 0.00000341. The van der Waals surface area contributed by atoms with E-state index in [2.05, 4.69) is 36.7 Å². The number of likely N-dealkylation sites (N-methyl/N-ethyl adjacent to an activating group) is 1. The molecule has 3 rings (SSSR count). The van der Waals surface area contributed by atoms with E-state index in [1.807, 2.05) is 12.1 Å². The van der Waals surface area contributed by atoms with Gasteiger partial charge in [0.05, 0.1) is 15.1 Å². The molecular weight excluding hydrogens is 436 g/mol. The second kappa shape index (κ2) is 11.2. The molecule has 1 heterocycles. The molecule has 0 radical (unpaired) electrons. The van der Waals surface area contributed by atoms with Crippen molar-refractivity contribution >= 4 is 50.7 Å². The number of thiazole rings is 1. The quantitative estimate of drug-likeness (QED) is 0.323. The van der Waals surface area contributed by atoms with Crippen LogP contribution in [-0.2, 0) is 6.42 Å². The van der Waals surface area contributed by atoms with Gasteiger partial charge in [-0.2, -0.15) is 0 Å². The van der Waals surface area contributed by atoms with E-state index in [9.17, 15) is 14.9 Å². The lowest BCUT2D eigenvalue weighted by Gasteiger charge is -2.24. The molecule has 0 unspecified atom stereocenters. The lowest BCUT2D eigenvalue weighted by Crippen LogP contribution is -2.39. The Bertz CT molecular complexity index is 1050. The minimum atomic E-state index is -0.512. The molecule has 0 atom stereocenters. The number of nitro benzene ring substituents is 1. The van der Waals surface area contributed by atoms with Gasteiger partial charge >= 0.3 is 0 Å². The molecule has 0 saturated carbocycles.